The van der Waals surface area contributed by atoms with Crippen LogP contribution in [0.2, 0.25) is 0 Å². The summed E-state index contributed by atoms with van der Waals surface area (Å²) in [5.41, 5.74) is 2.27. The smallest absolute Gasteiger partial charge is 0.0887 e. The molecule has 0 aliphatic carbocycles. The van der Waals surface area contributed by atoms with Crippen LogP contribution in [0, 0.1) is 0 Å². The van der Waals surface area contributed by atoms with Crippen LogP contribution in [0.15, 0.2) is 18.9 Å². The van der Waals surface area contributed by atoms with E-state index in [2.05, 4.69) is 4.98 Å². The summed E-state index contributed by atoms with van der Waals surface area (Å²) < 4.78 is 23.9. The van der Waals surface area contributed by atoms with Crippen molar-refractivity contribution in [3.63, 3.8) is 0 Å². The summed E-state index contributed by atoms with van der Waals surface area (Å²) in [6, 6.07) is 0. The normalized spacial score (nSPS) is 11.9. The van der Waals surface area contributed by atoms with Gasteiger partial charge in [-0.25, -0.2) is 8.78 Å². The second-order valence-corrected chi connectivity index (χ2v) is 2.58. The Kier molecular flexibility index (Phi) is 3.43. The molecule has 0 fully saturated rings. The molecule has 1 N–H and O–H groups in total. The Labute approximate surface area is 75.8 Å². The topological polar surface area (TPSA) is 15.8 Å². The van der Waals surface area contributed by atoms with Crippen molar-refractivity contribution in [1.82, 2.24) is 4.98 Å². The van der Waals surface area contributed by atoms with E-state index >= 15 is 0 Å². The van der Waals surface area contributed by atoms with Gasteiger partial charge in [-0.1, -0.05) is 6.92 Å². The van der Waals surface area contributed by atoms with Crippen molar-refractivity contribution in [3.8, 4) is 0 Å². The molecule has 0 amide bonds. The molecule has 1 nitrogen and oxygen atoms in total. The number of aromatic amines is 1. The summed E-state index contributed by atoms with van der Waals surface area (Å²) in [6.45, 7) is 1.96. The van der Waals surface area contributed by atoms with Crippen LogP contribution in [0.3, 0.4) is 0 Å². The highest BCUT2D eigenvalue weighted by Crippen LogP contribution is 2.18. The van der Waals surface area contributed by atoms with Gasteiger partial charge in [-0.15, -0.1) is 0 Å². The van der Waals surface area contributed by atoms with E-state index in [-0.39, 0.29) is 0 Å². The first-order valence-electron chi connectivity index (χ1n) is 4.07. The van der Waals surface area contributed by atoms with Crippen molar-refractivity contribution >= 4 is 12.2 Å². The minimum absolute atomic E-state index is 0.431. The fraction of sp³-hybridized carbons (Fsp3) is 0.200. The van der Waals surface area contributed by atoms with Crippen LogP contribution in [-0.2, 0) is 6.42 Å². The van der Waals surface area contributed by atoms with Crippen molar-refractivity contribution < 1.29 is 8.78 Å². The minimum atomic E-state index is 0.431. The molecule has 1 heterocycles. The van der Waals surface area contributed by atoms with Crippen molar-refractivity contribution in [1.29, 1.82) is 0 Å². The Morgan fingerprint density at radius 2 is 2.00 bits per heavy atom. The average Bonchev–Trinajstić information content (AvgIpc) is 2.50. The molecule has 3 heteroatoms. The number of hydrogen-bond acceptors (Lipinski definition) is 0. The molecule has 0 atom stereocenters. The molecule has 0 saturated carbocycles. The number of aromatic nitrogens is 1. The molecule has 1 rings (SSSR count). The zero-order valence-electron chi connectivity index (χ0n) is 7.35. The molecule has 0 aliphatic rings. The molecule has 1 aromatic rings. The lowest BCUT2D eigenvalue weighted by Crippen LogP contribution is -1.80. The molecule has 0 aromatic carbocycles. The summed E-state index contributed by atoms with van der Waals surface area (Å²) in [7, 11) is 0. The predicted octanol–water partition coefficient (Wildman–Crippen LogP) is 3.46. The number of H-pyrrole nitrogens is 1. The molecule has 0 aliphatic heterocycles. The van der Waals surface area contributed by atoms with Gasteiger partial charge in [0.15, 0.2) is 0 Å². The average molecular weight is 183 g/mol. The van der Waals surface area contributed by atoms with Gasteiger partial charge in [0.05, 0.1) is 12.7 Å². The molecular formula is C10H11F2N. The fourth-order valence-electron chi connectivity index (χ4n) is 1.25. The lowest BCUT2D eigenvalue weighted by Gasteiger charge is -1.94. The molecular weight excluding hydrogens is 172 g/mol. The largest absolute Gasteiger partial charge is 0.361 e. The summed E-state index contributed by atoms with van der Waals surface area (Å²) in [6.07, 6.45) is 6.03. The maximum Gasteiger partial charge on any atom is 0.0887 e. The minimum Gasteiger partial charge on any atom is -0.361 e. The third-order valence-electron chi connectivity index (χ3n) is 1.88. The van der Waals surface area contributed by atoms with Crippen LogP contribution in [-0.4, -0.2) is 4.98 Å². The third kappa shape index (κ3) is 2.05. The van der Waals surface area contributed by atoms with E-state index < -0.39 is 0 Å². The van der Waals surface area contributed by atoms with Crippen LogP contribution in [0.5, 0.6) is 0 Å². The van der Waals surface area contributed by atoms with E-state index in [4.69, 9.17) is 0 Å². The quantitative estimate of drug-likeness (QED) is 0.738. The van der Waals surface area contributed by atoms with Gasteiger partial charge < -0.3 is 4.98 Å². The highest BCUT2D eigenvalue weighted by molar-refractivity contribution is 5.65. The molecule has 1 aromatic heterocycles. The molecule has 0 radical (unpaired) electrons. The van der Waals surface area contributed by atoms with E-state index in [0.717, 1.165) is 12.0 Å². The maximum atomic E-state index is 12.0. The Bertz CT molecular complexity index is 324. The Morgan fingerprint density at radius 1 is 1.31 bits per heavy atom. The summed E-state index contributed by atoms with van der Waals surface area (Å²) >= 11 is 0. The maximum absolute atomic E-state index is 12.0. The van der Waals surface area contributed by atoms with Crippen molar-refractivity contribution in [3.05, 3.63) is 35.7 Å². The van der Waals surface area contributed by atoms with Gasteiger partial charge in [0.1, 0.15) is 0 Å². The third-order valence-corrected chi connectivity index (χ3v) is 1.88. The van der Waals surface area contributed by atoms with Gasteiger partial charge in [-0.3, -0.25) is 0 Å². The van der Waals surface area contributed by atoms with Crippen LogP contribution >= 0.6 is 0 Å². The first-order chi connectivity index (χ1) is 6.33. The number of rotatable bonds is 3. The van der Waals surface area contributed by atoms with Gasteiger partial charge >= 0.3 is 0 Å². The number of halogens is 2. The van der Waals surface area contributed by atoms with Gasteiger partial charge in [-0.2, -0.15) is 0 Å². The molecule has 0 saturated heterocycles. The fourth-order valence-corrected chi connectivity index (χ4v) is 1.25. The second-order valence-electron chi connectivity index (χ2n) is 2.58. The van der Waals surface area contributed by atoms with E-state index in [1.807, 2.05) is 6.92 Å². The Morgan fingerprint density at radius 3 is 2.54 bits per heavy atom. The monoisotopic (exact) mass is 183 g/mol. The van der Waals surface area contributed by atoms with E-state index in [9.17, 15) is 8.78 Å². The Balaban J connectivity index is 3.13. The Hall–Kier alpha value is -1.38. The number of aryl methyl sites for hydroxylation is 1. The zero-order valence-corrected chi connectivity index (χ0v) is 7.35. The van der Waals surface area contributed by atoms with Gasteiger partial charge in [0, 0.05) is 17.5 Å². The highest BCUT2D eigenvalue weighted by atomic mass is 19.1. The second kappa shape index (κ2) is 4.60. The van der Waals surface area contributed by atoms with Crippen molar-refractivity contribution in [2.45, 2.75) is 13.3 Å². The molecule has 0 bridgehead atoms. The van der Waals surface area contributed by atoms with E-state index in [1.54, 1.807) is 6.20 Å². The van der Waals surface area contributed by atoms with Gasteiger partial charge in [0.25, 0.3) is 0 Å². The predicted molar refractivity (Wildman–Crippen MR) is 50.5 cm³/mol. The van der Waals surface area contributed by atoms with Crippen LogP contribution in [0.25, 0.3) is 12.2 Å². The number of nitrogens with one attached hydrogen (secondary N) is 1. The van der Waals surface area contributed by atoms with Crippen LogP contribution in [0.1, 0.15) is 23.7 Å². The van der Waals surface area contributed by atoms with Crippen LogP contribution in [0.4, 0.5) is 8.78 Å². The van der Waals surface area contributed by atoms with Crippen molar-refractivity contribution in [2.75, 3.05) is 0 Å². The van der Waals surface area contributed by atoms with E-state index in [0.29, 0.717) is 23.9 Å². The van der Waals surface area contributed by atoms with Crippen LogP contribution < -0.4 is 0 Å². The SMILES string of the molecule is CCc1c[nH]c(/C=C/F)c1/C=C/F. The highest BCUT2D eigenvalue weighted by Gasteiger charge is 2.04. The summed E-state index contributed by atoms with van der Waals surface area (Å²) in [4.78, 5) is 2.87. The standard InChI is InChI=1S/C10H11F2N/c1-2-8-7-13-10(4-6-12)9(8)3-5-11/h3-7,13H,2H2,1H3/b5-3+,6-4+. The summed E-state index contributed by atoms with van der Waals surface area (Å²) in [5.74, 6) is 0. The lowest BCUT2D eigenvalue weighted by molar-refractivity contribution is 0.726. The molecule has 13 heavy (non-hydrogen) atoms. The number of hydrogen-bond donors (Lipinski definition) is 1. The molecule has 0 spiro atoms. The van der Waals surface area contributed by atoms with Gasteiger partial charge in [0.2, 0.25) is 0 Å². The lowest BCUT2D eigenvalue weighted by atomic mass is 10.1. The van der Waals surface area contributed by atoms with Crippen molar-refractivity contribution in [2.24, 2.45) is 0 Å². The van der Waals surface area contributed by atoms with Gasteiger partial charge in [-0.05, 0) is 24.1 Å². The zero-order chi connectivity index (χ0) is 9.68. The molecule has 0 unspecified atom stereocenters. The first kappa shape index (κ1) is 9.71. The first-order valence-corrected chi connectivity index (χ1v) is 4.07. The van der Waals surface area contributed by atoms with E-state index in [1.165, 1.54) is 12.2 Å². The molecule has 70 valence electrons. The summed E-state index contributed by atoms with van der Waals surface area (Å²) in [5, 5.41) is 0.